The first-order valence-corrected chi connectivity index (χ1v) is 7.75. The molecule has 0 aromatic heterocycles. The summed E-state index contributed by atoms with van der Waals surface area (Å²) in [6.45, 7) is 3.58. The Labute approximate surface area is 127 Å². The van der Waals surface area contributed by atoms with Crippen molar-refractivity contribution in [2.45, 2.75) is 44.7 Å². The van der Waals surface area contributed by atoms with E-state index >= 15 is 0 Å². The molecule has 0 bridgehead atoms. The Hall–Kier alpha value is -1.39. The third kappa shape index (κ3) is 3.83. The molecule has 21 heavy (non-hydrogen) atoms. The molecule has 4 nitrogen and oxygen atoms in total. The molecule has 1 saturated heterocycles. The van der Waals surface area contributed by atoms with E-state index in [0.717, 1.165) is 25.8 Å². The minimum absolute atomic E-state index is 0.0804. The van der Waals surface area contributed by atoms with E-state index in [1.54, 1.807) is 7.11 Å². The number of nitrogens with two attached hydrogens (primary N) is 1. The van der Waals surface area contributed by atoms with Crippen LogP contribution in [-0.4, -0.2) is 37.1 Å². The second-order valence-electron chi connectivity index (χ2n) is 5.79. The molecule has 116 valence electrons. The number of carbonyl (C=O) groups is 1. The third-order valence-corrected chi connectivity index (χ3v) is 4.26. The van der Waals surface area contributed by atoms with Gasteiger partial charge in [-0.05, 0) is 43.7 Å². The van der Waals surface area contributed by atoms with Crippen LogP contribution in [0.15, 0.2) is 24.3 Å². The van der Waals surface area contributed by atoms with Crippen LogP contribution < -0.4 is 5.73 Å². The molecule has 2 unspecified atom stereocenters. The van der Waals surface area contributed by atoms with Gasteiger partial charge in [0, 0.05) is 20.3 Å². The summed E-state index contributed by atoms with van der Waals surface area (Å²) in [6.07, 6.45) is 3.59. The van der Waals surface area contributed by atoms with Crippen molar-refractivity contribution in [1.29, 1.82) is 0 Å². The van der Waals surface area contributed by atoms with E-state index in [0.29, 0.717) is 13.0 Å². The van der Waals surface area contributed by atoms with E-state index in [4.69, 9.17) is 10.5 Å². The van der Waals surface area contributed by atoms with Crippen molar-refractivity contribution >= 4 is 5.91 Å². The van der Waals surface area contributed by atoms with E-state index in [-0.39, 0.29) is 11.9 Å². The van der Waals surface area contributed by atoms with Crippen molar-refractivity contribution in [1.82, 2.24) is 4.90 Å². The van der Waals surface area contributed by atoms with Crippen molar-refractivity contribution in [2.24, 2.45) is 5.73 Å². The number of nitrogens with zero attached hydrogens (tertiary/aromatic N) is 1. The SMILES string of the molecule is COCCCC(N)C(=O)N1CCCC1c1ccccc1C. The molecule has 1 aromatic carbocycles. The first kappa shape index (κ1) is 16.0. The van der Waals surface area contributed by atoms with Gasteiger partial charge in [0.2, 0.25) is 5.91 Å². The highest BCUT2D eigenvalue weighted by atomic mass is 16.5. The fourth-order valence-corrected chi connectivity index (χ4v) is 3.10. The third-order valence-electron chi connectivity index (χ3n) is 4.26. The average molecular weight is 290 g/mol. The van der Waals surface area contributed by atoms with E-state index in [1.807, 2.05) is 17.0 Å². The summed E-state index contributed by atoms with van der Waals surface area (Å²) in [4.78, 5) is 14.6. The smallest absolute Gasteiger partial charge is 0.239 e. The predicted octanol–water partition coefficient (Wildman–Crippen LogP) is 2.41. The fraction of sp³-hybridized carbons (Fsp3) is 0.588. The minimum atomic E-state index is -0.412. The molecule has 2 rings (SSSR count). The molecule has 1 heterocycles. The summed E-state index contributed by atoms with van der Waals surface area (Å²) in [5.74, 6) is 0.0804. The predicted molar refractivity (Wildman–Crippen MR) is 84.0 cm³/mol. The Morgan fingerprint density at radius 2 is 2.24 bits per heavy atom. The maximum absolute atomic E-state index is 12.6. The van der Waals surface area contributed by atoms with Crippen molar-refractivity contribution in [2.75, 3.05) is 20.3 Å². The second kappa shape index (κ2) is 7.57. The summed E-state index contributed by atoms with van der Waals surface area (Å²) in [5.41, 5.74) is 8.57. The van der Waals surface area contributed by atoms with Crippen molar-refractivity contribution in [3.63, 3.8) is 0 Å². The topological polar surface area (TPSA) is 55.6 Å². The molecule has 1 aliphatic rings. The number of aryl methyl sites for hydroxylation is 1. The maximum Gasteiger partial charge on any atom is 0.239 e. The Morgan fingerprint density at radius 3 is 2.95 bits per heavy atom. The van der Waals surface area contributed by atoms with E-state index in [1.165, 1.54) is 11.1 Å². The van der Waals surface area contributed by atoms with Crippen LogP contribution in [0, 0.1) is 6.92 Å². The van der Waals surface area contributed by atoms with E-state index < -0.39 is 6.04 Å². The molecular weight excluding hydrogens is 264 g/mol. The number of carbonyl (C=O) groups excluding carboxylic acids is 1. The van der Waals surface area contributed by atoms with Crippen LogP contribution in [0.2, 0.25) is 0 Å². The molecular formula is C17H26N2O2. The Balaban J connectivity index is 2.04. The number of likely N-dealkylation sites (tertiary alicyclic amines) is 1. The van der Waals surface area contributed by atoms with Crippen LogP contribution in [-0.2, 0) is 9.53 Å². The summed E-state index contributed by atoms with van der Waals surface area (Å²) < 4.78 is 5.02. The number of hydrogen-bond donors (Lipinski definition) is 1. The lowest BCUT2D eigenvalue weighted by Crippen LogP contribution is -2.43. The molecule has 1 amide bonds. The van der Waals surface area contributed by atoms with Crippen molar-refractivity contribution in [3.8, 4) is 0 Å². The number of amides is 1. The summed E-state index contributed by atoms with van der Waals surface area (Å²) in [5, 5.41) is 0. The average Bonchev–Trinajstić information content (AvgIpc) is 2.96. The molecule has 0 aliphatic carbocycles. The number of ether oxygens (including phenoxy) is 1. The maximum atomic E-state index is 12.6. The lowest BCUT2D eigenvalue weighted by molar-refractivity contribution is -0.133. The zero-order valence-corrected chi connectivity index (χ0v) is 13.0. The number of hydrogen-bond acceptors (Lipinski definition) is 3. The van der Waals surface area contributed by atoms with Crippen LogP contribution in [0.5, 0.6) is 0 Å². The van der Waals surface area contributed by atoms with Crippen LogP contribution in [0.25, 0.3) is 0 Å². The van der Waals surface area contributed by atoms with Crippen LogP contribution >= 0.6 is 0 Å². The van der Waals surface area contributed by atoms with Gasteiger partial charge < -0.3 is 15.4 Å². The highest BCUT2D eigenvalue weighted by Gasteiger charge is 2.32. The minimum Gasteiger partial charge on any atom is -0.385 e. The van der Waals surface area contributed by atoms with Gasteiger partial charge in [-0.1, -0.05) is 24.3 Å². The van der Waals surface area contributed by atoms with Gasteiger partial charge in [-0.3, -0.25) is 4.79 Å². The van der Waals surface area contributed by atoms with Crippen molar-refractivity contribution in [3.05, 3.63) is 35.4 Å². The second-order valence-corrected chi connectivity index (χ2v) is 5.79. The van der Waals surface area contributed by atoms with Crippen LogP contribution in [0.1, 0.15) is 42.9 Å². The molecule has 0 saturated carbocycles. The highest BCUT2D eigenvalue weighted by Crippen LogP contribution is 2.34. The van der Waals surface area contributed by atoms with E-state index in [9.17, 15) is 4.79 Å². The largest absolute Gasteiger partial charge is 0.385 e. The quantitative estimate of drug-likeness (QED) is 0.819. The van der Waals surface area contributed by atoms with Crippen LogP contribution in [0.3, 0.4) is 0 Å². The monoisotopic (exact) mass is 290 g/mol. The summed E-state index contributed by atoms with van der Waals surface area (Å²) in [6, 6.07) is 8.09. The summed E-state index contributed by atoms with van der Waals surface area (Å²) >= 11 is 0. The Bertz CT molecular complexity index is 476. The van der Waals surface area contributed by atoms with Gasteiger partial charge >= 0.3 is 0 Å². The summed E-state index contributed by atoms with van der Waals surface area (Å²) in [7, 11) is 1.67. The zero-order valence-electron chi connectivity index (χ0n) is 13.0. The molecule has 0 spiro atoms. The van der Waals surface area contributed by atoms with E-state index in [2.05, 4.69) is 19.1 Å². The molecule has 1 aromatic rings. The Morgan fingerprint density at radius 1 is 1.48 bits per heavy atom. The molecule has 4 heteroatoms. The highest BCUT2D eigenvalue weighted by molar-refractivity contribution is 5.82. The molecule has 2 atom stereocenters. The Kier molecular flexibility index (Phi) is 5.76. The van der Waals surface area contributed by atoms with Gasteiger partial charge in [-0.25, -0.2) is 0 Å². The molecule has 0 radical (unpaired) electrons. The molecule has 2 N–H and O–H groups in total. The lowest BCUT2D eigenvalue weighted by Gasteiger charge is -2.28. The fourth-order valence-electron chi connectivity index (χ4n) is 3.10. The number of methoxy groups -OCH3 is 1. The lowest BCUT2D eigenvalue weighted by atomic mass is 9.99. The number of benzene rings is 1. The van der Waals surface area contributed by atoms with Gasteiger partial charge in [0.15, 0.2) is 0 Å². The molecule has 1 fully saturated rings. The first-order valence-electron chi connectivity index (χ1n) is 7.75. The van der Waals surface area contributed by atoms with Crippen molar-refractivity contribution < 1.29 is 9.53 Å². The number of rotatable bonds is 6. The standard InChI is InChI=1S/C17H26N2O2/c1-13-7-3-4-8-14(13)16-10-5-11-19(16)17(20)15(18)9-6-12-21-2/h3-4,7-8,15-16H,5-6,9-12,18H2,1-2H3. The van der Waals surface area contributed by atoms with Gasteiger partial charge in [0.25, 0.3) is 0 Å². The first-order chi connectivity index (χ1) is 10.1. The van der Waals surface area contributed by atoms with Gasteiger partial charge in [0.1, 0.15) is 0 Å². The van der Waals surface area contributed by atoms with Crippen LogP contribution in [0.4, 0.5) is 0 Å². The zero-order chi connectivity index (χ0) is 15.2. The normalized spacial score (nSPS) is 19.8. The van der Waals surface area contributed by atoms with Gasteiger partial charge in [0.05, 0.1) is 12.1 Å². The van der Waals surface area contributed by atoms with Gasteiger partial charge in [-0.2, -0.15) is 0 Å². The molecule has 1 aliphatic heterocycles. The van der Waals surface area contributed by atoms with Gasteiger partial charge in [-0.15, -0.1) is 0 Å².